The Balaban J connectivity index is 0. The van der Waals surface area contributed by atoms with E-state index in [0.29, 0.717) is 0 Å². The van der Waals surface area contributed by atoms with E-state index in [1.807, 2.05) is 0 Å². The van der Waals surface area contributed by atoms with Gasteiger partial charge < -0.3 is 16.1 Å². The number of hydrogen-bond donors (Lipinski definition) is 1. The highest BCUT2D eigenvalue weighted by Crippen LogP contribution is 2.13. The highest BCUT2D eigenvalue weighted by molar-refractivity contribution is 5.13. The summed E-state index contributed by atoms with van der Waals surface area (Å²) in [5.74, 6) is 0. The standard InChI is InChI=1S/C13H22N.H3N.O/c1-4-14(5-2,6-3)12-13-10-8-7-9-11-13;;/h7-11H,4-6,12H2,1-3H3;1H3;/q+1;;-2/p+1. The predicted molar refractivity (Wildman–Crippen MR) is 68.7 cm³/mol. The quantitative estimate of drug-likeness (QED) is 0.749. The molecule has 0 heterocycles. The summed E-state index contributed by atoms with van der Waals surface area (Å²) in [6.07, 6.45) is 0. The zero-order valence-electron chi connectivity index (χ0n) is 11.1. The lowest BCUT2D eigenvalue weighted by atomic mass is 10.2. The van der Waals surface area contributed by atoms with Gasteiger partial charge in [-0.25, -0.2) is 0 Å². The molecule has 0 saturated carbocycles. The van der Waals surface area contributed by atoms with Crippen LogP contribution in [0.4, 0.5) is 0 Å². The van der Waals surface area contributed by atoms with E-state index < -0.39 is 0 Å². The van der Waals surface area contributed by atoms with Crippen molar-refractivity contribution in [3.05, 3.63) is 35.9 Å². The second kappa shape index (κ2) is 8.28. The van der Waals surface area contributed by atoms with Gasteiger partial charge in [-0.3, -0.25) is 0 Å². The van der Waals surface area contributed by atoms with Crippen LogP contribution >= 0.6 is 0 Å². The van der Waals surface area contributed by atoms with Crippen LogP contribution < -0.4 is 6.15 Å². The van der Waals surface area contributed by atoms with E-state index in [4.69, 9.17) is 0 Å². The van der Waals surface area contributed by atoms with Gasteiger partial charge in [0.05, 0.1) is 19.6 Å². The Hall–Kier alpha value is -0.900. The lowest BCUT2D eigenvalue weighted by molar-refractivity contribution is -0.936. The summed E-state index contributed by atoms with van der Waals surface area (Å²) in [6.45, 7) is 11.7. The van der Waals surface area contributed by atoms with Crippen molar-refractivity contribution in [3.8, 4) is 0 Å². The second-order valence-corrected chi connectivity index (χ2v) is 3.93. The molecule has 0 bridgehead atoms. The van der Waals surface area contributed by atoms with E-state index in [9.17, 15) is 0 Å². The molecule has 1 rings (SSSR count). The highest BCUT2D eigenvalue weighted by Gasteiger charge is 2.20. The third-order valence-corrected chi connectivity index (χ3v) is 3.37. The zero-order chi connectivity index (χ0) is 10.4. The number of benzene rings is 1. The summed E-state index contributed by atoms with van der Waals surface area (Å²) < 4.78 is 1.20. The zero-order valence-corrected chi connectivity index (χ0v) is 11.1. The molecular formula is C13H26N2O. The Labute approximate surface area is 99.6 Å². The molecule has 3 heteroatoms. The Morgan fingerprint density at radius 2 is 1.31 bits per heavy atom. The van der Waals surface area contributed by atoms with Crippen molar-refractivity contribution < 1.29 is 9.96 Å². The lowest BCUT2D eigenvalue weighted by Crippen LogP contribution is -2.46. The minimum atomic E-state index is 0. The largest absolute Gasteiger partial charge is 2.00 e. The SMILES string of the molecule is CC[N+](CC)(CC)Cc1ccccc1.[NH4+].[O-2]. The van der Waals surface area contributed by atoms with Crippen molar-refractivity contribution in [1.82, 2.24) is 6.15 Å². The van der Waals surface area contributed by atoms with Crippen LogP contribution in [0.25, 0.3) is 0 Å². The summed E-state index contributed by atoms with van der Waals surface area (Å²) in [5.41, 5.74) is 1.46. The maximum atomic E-state index is 2.29. The molecule has 94 valence electrons. The average molecular weight is 226 g/mol. The number of rotatable bonds is 5. The summed E-state index contributed by atoms with van der Waals surface area (Å²) in [5, 5.41) is 0. The molecule has 0 saturated heterocycles. The van der Waals surface area contributed by atoms with Gasteiger partial charge >= 0.3 is 0 Å². The van der Waals surface area contributed by atoms with Crippen molar-refractivity contribution in [2.24, 2.45) is 0 Å². The van der Waals surface area contributed by atoms with Crippen LogP contribution in [0.15, 0.2) is 30.3 Å². The lowest BCUT2D eigenvalue weighted by Gasteiger charge is -2.35. The first-order valence-corrected chi connectivity index (χ1v) is 5.65. The van der Waals surface area contributed by atoms with E-state index in [1.165, 1.54) is 36.2 Å². The van der Waals surface area contributed by atoms with Gasteiger partial charge in [-0.05, 0) is 20.8 Å². The van der Waals surface area contributed by atoms with Gasteiger partial charge in [-0.15, -0.1) is 0 Å². The fraction of sp³-hybridized carbons (Fsp3) is 0.538. The molecule has 0 aliphatic rings. The maximum absolute atomic E-state index is 2.29. The van der Waals surface area contributed by atoms with Crippen molar-refractivity contribution >= 4 is 0 Å². The normalized spacial score (nSPS) is 10.2. The molecule has 0 aromatic heterocycles. The molecule has 4 N–H and O–H groups in total. The number of hydrogen-bond acceptors (Lipinski definition) is 0. The Morgan fingerprint density at radius 3 is 1.69 bits per heavy atom. The molecule has 0 unspecified atom stereocenters. The molecule has 0 radical (unpaired) electrons. The fourth-order valence-corrected chi connectivity index (χ4v) is 1.98. The molecule has 0 atom stereocenters. The summed E-state index contributed by atoms with van der Waals surface area (Å²) in [7, 11) is 0. The molecule has 1 aromatic rings. The molecule has 0 amide bonds. The van der Waals surface area contributed by atoms with Crippen LogP contribution in [0.2, 0.25) is 0 Å². The van der Waals surface area contributed by atoms with Crippen molar-refractivity contribution in [2.75, 3.05) is 19.6 Å². The Kier molecular flexibility index (Phi) is 9.05. The minimum Gasteiger partial charge on any atom is -2.00 e. The Morgan fingerprint density at radius 1 is 0.875 bits per heavy atom. The average Bonchev–Trinajstić information content (AvgIpc) is 2.28. The number of nitrogens with zero attached hydrogens (tertiary/aromatic N) is 1. The molecule has 3 nitrogen and oxygen atoms in total. The second-order valence-electron chi connectivity index (χ2n) is 3.93. The van der Waals surface area contributed by atoms with Gasteiger partial charge in [0.25, 0.3) is 0 Å². The van der Waals surface area contributed by atoms with Crippen LogP contribution in [-0.2, 0) is 12.0 Å². The maximum Gasteiger partial charge on any atom is 0.104 e. The molecule has 1 aromatic carbocycles. The summed E-state index contributed by atoms with van der Waals surface area (Å²) >= 11 is 0. The van der Waals surface area contributed by atoms with E-state index in [0.717, 1.165) is 0 Å². The van der Waals surface area contributed by atoms with Gasteiger partial charge in [0, 0.05) is 5.56 Å². The third-order valence-electron chi connectivity index (χ3n) is 3.37. The van der Waals surface area contributed by atoms with Crippen LogP contribution in [0, 0.1) is 0 Å². The van der Waals surface area contributed by atoms with Gasteiger partial charge in [0.15, 0.2) is 0 Å². The molecule has 0 fully saturated rings. The molecule has 16 heavy (non-hydrogen) atoms. The first-order valence-electron chi connectivity index (χ1n) is 5.65. The minimum absolute atomic E-state index is 0. The van der Waals surface area contributed by atoms with E-state index in [-0.39, 0.29) is 11.6 Å². The highest BCUT2D eigenvalue weighted by atomic mass is 16.0. The summed E-state index contributed by atoms with van der Waals surface area (Å²) in [6, 6.07) is 10.8. The monoisotopic (exact) mass is 226 g/mol. The molecule has 0 aliphatic carbocycles. The summed E-state index contributed by atoms with van der Waals surface area (Å²) in [4.78, 5) is 0. The Bertz CT molecular complexity index is 250. The van der Waals surface area contributed by atoms with Gasteiger partial charge in [-0.2, -0.15) is 0 Å². The van der Waals surface area contributed by atoms with Gasteiger partial charge in [-0.1, -0.05) is 30.3 Å². The smallest absolute Gasteiger partial charge is 0.104 e. The van der Waals surface area contributed by atoms with E-state index >= 15 is 0 Å². The van der Waals surface area contributed by atoms with E-state index in [2.05, 4.69) is 51.1 Å². The number of quaternary nitrogens is 2. The molecule has 0 aliphatic heterocycles. The molecule has 0 spiro atoms. The van der Waals surface area contributed by atoms with Crippen LogP contribution in [0.1, 0.15) is 26.3 Å². The third kappa shape index (κ3) is 4.31. The van der Waals surface area contributed by atoms with Crippen LogP contribution in [0.3, 0.4) is 0 Å². The van der Waals surface area contributed by atoms with Crippen molar-refractivity contribution in [1.29, 1.82) is 0 Å². The predicted octanol–water partition coefficient (Wildman–Crippen LogP) is 3.32. The van der Waals surface area contributed by atoms with Gasteiger partial charge in [0.1, 0.15) is 6.54 Å². The van der Waals surface area contributed by atoms with Crippen molar-refractivity contribution in [3.63, 3.8) is 0 Å². The first-order chi connectivity index (χ1) is 6.76. The molecular weight excluding hydrogens is 200 g/mol. The van der Waals surface area contributed by atoms with Gasteiger partial charge in [0.2, 0.25) is 0 Å². The first kappa shape index (κ1) is 17.5. The van der Waals surface area contributed by atoms with E-state index in [1.54, 1.807) is 0 Å². The topological polar surface area (TPSA) is 65.0 Å². The van der Waals surface area contributed by atoms with Crippen LogP contribution in [0.5, 0.6) is 0 Å². The fourth-order valence-electron chi connectivity index (χ4n) is 1.98. The van der Waals surface area contributed by atoms with Crippen LogP contribution in [-0.4, -0.2) is 24.1 Å². The van der Waals surface area contributed by atoms with Crippen molar-refractivity contribution in [2.45, 2.75) is 27.3 Å².